The molecule has 160 valence electrons. The number of anilines is 1. The number of carbonyl (C=O) groups excluding carboxylic acids is 2. The van der Waals surface area contributed by atoms with Crippen LogP contribution in [0.5, 0.6) is 5.75 Å². The first-order chi connectivity index (χ1) is 14.6. The van der Waals surface area contributed by atoms with E-state index in [2.05, 4.69) is 26.6 Å². The Hall–Kier alpha value is -1.90. The summed E-state index contributed by atoms with van der Waals surface area (Å²) < 4.78 is 12.1. The van der Waals surface area contributed by atoms with Gasteiger partial charge in [0, 0.05) is 22.5 Å². The Morgan fingerprint density at radius 2 is 1.97 bits per heavy atom. The lowest BCUT2D eigenvalue weighted by atomic mass is 9.95. The van der Waals surface area contributed by atoms with Gasteiger partial charge in [-0.25, -0.2) is 0 Å². The van der Waals surface area contributed by atoms with Gasteiger partial charge in [0.05, 0.1) is 11.7 Å². The van der Waals surface area contributed by atoms with Crippen LogP contribution in [0.15, 0.2) is 28.7 Å². The molecule has 1 saturated heterocycles. The first-order valence-electron chi connectivity index (χ1n) is 10.3. The molecule has 2 amide bonds. The van der Waals surface area contributed by atoms with Crippen molar-refractivity contribution in [3.63, 3.8) is 0 Å². The number of nitrogens with one attached hydrogen (secondary N) is 2. The molecule has 0 bridgehead atoms. The lowest BCUT2D eigenvalue weighted by molar-refractivity contribution is -0.118. The van der Waals surface area contributed by atoms with Gasteiger partial charge in [-0.05, 0) is 68.4 Å². The molecule has 1 atom stereocenters. The molecule has 0 unspecified atom stereocenters. The molecule has 1 aliphatic carbocycles. The Bertz CT molecular complexity index is 907. The van der Waals surface area contributed by atoms with Crippen molar-refractivity contribution in [1.82, 2.24) is 5.32 Å². The molecule has 0 spiro atoms. The van der Waals surface area contributed by atoms with E-state index in [0.29, 0.717) is 22.9 Å². The molecule has 8 heteroatoms. The fourth-order valence-corrected chi connectivity index (χ4v) is 5.40. The number of amides is 2. The third-order valence-corrected chi connectivity index (χ3v) is 7.09. The molecule has 2 N–H and O–H groups in total. The number of rotatable bonds is 7. The van der Waals surface area contributed by atoms with E-state index >= 15 is 0 Å². The van der Waals surface area contributed by atoms with Crippen LogP contribution >= 0.6 is 27.3 Å². The fraction of sp³-hybridized carbons (Fsp3) is 0.455. The number of halogens is 1. The van der Waals surface area contributed by atoms with E-state index in [-0.39, 0.29) is 24.5 Å². The van der Waals surface area contributed by atoms with E-state index in [1.165, 1.54) is 16.2 Å². The van der Waals surface area contributed by atoms with Crippen LogP contribution in [-0.4, -0.2) is 37.7 Å². The largest absolute Gasteiger partial charge is 0.484 e. The maximum Gasteiger partial charge on any atom is 0.262 e. The SMILES string of the molecule is O=C(COc1ccc(Br)cc1)Nc1sc2c(c1C(=O)NC[C@H]1CCCO1)CCCC2. The molecule has 1 aliphatic heterocycles. The molecule has 6 nitrogen and oxygen atoms in total. The van der Waals surface area contributed by atoms with Gasteiger partial charge in [0.2, 0.25) is 0 Å². The van der Waals surface area contributed by atoms with Crippen molar-refractivity contribution in [3.8, 4) is 5.75 Å². The van der Waals surface area contributed by atoms with E-state index in [1.54, 1.807) is 12.1 Å². The zero-order valence-corrected chi connectivity index (χ0v) is 19.1. The van der Waals surface area contributed by atoms with Crippen LogP contribution < -0.4 is 15.4 Å². The predicted octanol–water partition coefficient (Wildman–Crippen LogP) is 4.32. The molecule has 1 fully saturated rings. The second kappa shape index (κ2) is 9.94. The zero-order chi connectivity index (χ0) is 20.9. The van der Waals surface area contributed by atoms with Crippen molar-refractivity contribution in [2.75, 3.05) is 25.1 Å². The second-order valence-corrected chi connectivity index (χ2v) is 9.57. The highest BCUT2D eigenvalue weighted by Crippen LogP contribution is 2.38. The van der Waals surface area contributed by atoms with Crippen LogP contribution in [0.25, 0.3) is 0 Å². The standard InChI is InChI=1S/C22H25BrN2O4S/c23-14-7-9-15(10-8-14)29-13-19(26)25-22-20(17-5-1-2-6-18(17)30-22)21(27)24-12-16-4-3-11-28-16/h7-10,16H,1-6,11-13H2,(H,24,27)(H,25,26)/t16-/m1/s1. The van der Waals surface area contributed by atoms with Crippen molar-refractivity contribution < 1.29 is 19.1 Å². The number of aryl methyl sites for hydroxylation is 1. The Balaban J connectivity index is 1.43. The van der Waals surface area contributed by atoms with Gasteiger partial charge in [0.25, 0.3) is 11.8 Å². The van der Waals surface area contributed by atoms with Crippen molar-refractivity contribution in [2.45, 2.75) is 44.6 Å². The minimum absolute atomic E-state index is 0.0840. The van der Waals surface area contributed by atoms with E-state index in [1.807, 2.05) is 12.1 Å². The molecule has 2 aliphatic rings. The third-order valence-electron chi connectivity index (χ3n) is 5.35. The van der Waals surface area contributed by atoms with Gasteiger partial charge in [0.1, 0.15) is 10.8 Å². The zero-order valence-electron chi connectivity index (χ0n) is 16.7. The lowest BCUT2D eigenvalue weighted by Gasteiger charge is -2.15. The second-order valence-electron chi connectivity index (χ2n) is 7.55. The number of carbonyl (C=O) groups is 2. The lowest BCUT2D eigenvalue weighted by Crippen LogP contribution is -2.33. The summed E-state index contributed by atoms with van der Waals surface area (Å²) in [5, 5.41) is 6.54. The van der Waals surface area contributed by atoms with Crippen molar-refractivity contribution in [1.29, 1.82) is 0 Å². The molecule has 4 rings (SSSR count). The average molecular weight is 493 g/mol. The molecular formula is C22H25BrN2O4S. The van der Waals surface area contributed by atoms with Crippen LogP contribution in [0, 0.1) is 0 Å². The van der Waals surface area contributed by atoms with Gasteiger partial charge in [-0.3, -0.25) is 9.59 Å². The quantitative estimate of drug-likeness (QED) is 0.603. The molecule has 0 radical (unpaired) electrons. The van der Waals surface area contributed by atoms with E-state index in [9.17, 15) is 9.59 Å². The summed E-state index contributed by atoms with van der Waals surface area (Å²) in [6, 6.07) is 7.31. The summed E-state index contributed by atoms with van der Waals surface area (Å²) in [5.74, 6) is 0.215. The predicted molar refractivity (Wildman–Crippen MR) is 121 cm³/mol. The Kier molecular flexibility index (Phi) is 7.07. The Morgan fingerprint density at radius 1 is 1.17 bits per heavy atom. The maximum absolute atomic E-state index is 13.0. The monoisotopic (exact) mass is 492 g/mol. The van der Waals surface area contributed by atoms with Gasteiger partial charge in [-0.1, -0.05) is 15.9 Å². The van der Waals surface area contributed by atoms with E-state index < -0.39 is 0 Å². The number of hydrogen-bond acceptors (Lipinski definition) is 5. The highest BCUT2D eigenvalue weighted by molar-refractivity contribution is 9.10. The summed E-state index contributed by atoms with van der Waals surface area (Å²) in [6.45, 7) is 1.15. The molecule has 0 saturated carbocycles. The molecular weight excluding hydrogens is 468 g/mol. The number of hydrogen-bond donors (Lipinski definition) is 2. The topological polar surface area (TPSA) is 76.7 Å². The summed E-state index contributed by atoms with van der Waals surface area (Å²) >= 11 is 4.89. The number of fused-ring (bicyclic) bond motifs is 1. The van der Waals surface area contributed by atoms with Gasteiger partial charge >= 0.3 is 0 Å². The molecule has 1 aromatic carbocycles. The summed E-state index contributed by atoms with van der Waals surface area (Å²) in [6.07, 6.45) is 6.10. The van der Waals surface area contributed by atoms with Crippen LogP contribution in [-0.2, 0) is 22.4 Å². The molecule has 2 heterocycles. The van der Waals surface area contributed by atoms with E-state index in [0.717, 1.165) is 55.2 Å². The highest BCUT2D eigenvalue weighted by Gasteiger charge is 2.27. The average Bonchev–Trinajstić information content (AvgIpc) is 3.39. The third kappa shape index (κ3) is 5.22. The number of benzene rings is 1. The first-order valence-corrected chi connectivity index (χ1v) is 11.9. The number of ether oxygens (including phenoxy) is 2. The Morgan fingerprint density at radius 3 is 2.73 bits per heavy atom. The summed E-state index contributed by atoms with van der Waals surface area (Å²) in [4.78, 5) is 26.7. The molecule has 2 aromatic rings. The minimum atomic E-state index is -0.273. The van der Waals surface area contributed by atoms with Gasteiger partial charge in [-0.2, -0.15) is 0 Å². The Labute approximate surface area is 188 Å². The molecule has 30 heavy (non-hydrogen) atoms. The highest BCUT2D eigenvalue weighted by atomic mass is 79.9. The van der Waals surface area contributed by atoms with Crippen LogP contribution in [0.4, 0.5) is 5.00 Å². The van der Waals surface area contributed by atoms with Crippen LogP contribution in [0.3, 0.4) is 0 Å². The first kappa shape index (κ1) is 21.3. The van der Waals surface area contributed by atoms with E-state index in [4.69, 9.17) is 9.47 Å². The smallest absolute Gasteiger partial charge is 0.262 e. The maximum atomic E-state index is 13.0. The van der Waals surface area contributed by atoms with Crippen molar-refractivity contribution in [2.24, 2.45) is 0 Å². The van der Waals surface area contributed by atoms with Gasteiger partial charge in [-0.15, -0.1) is 11.3 Å². The normalized spacial score (nSPS) is 18.0. The van der Waals surface area contributed by atoms with Crippen LogP contribution in [0.2, 0.25) is 0 Å². The van der Waals surface area contributed by atoms with Crippen LogP contribution in [0.1, 0.15) is 46.5 Å². The summed E-state index contributed by atoms with van der Waals surface area (Å²) in [7, 11) is 0. The minimum Gasteiger partial charge on any atom is -0.484 e. The fourth-order valence-electron chi connectivity index (χ4n) is 3.84. The summed E-state index contributed by atoms with van der Waals surface area (Å²) in [5.41, 5.74) is 1.70. The van der Waals surface area contributed by atoms with Gasteiger partial charge < -0.3 is 20.1 Å². The molecule has 1 aromatic heterocycles. The van der Waals surface area contributed by atoms with Crippen molar-refractivity contribution >= 4 is 44.1 Å². The van der Waals surface area contributed by atoms with Crippen molar-refractivity contribution in [3.05, 3.63) is 44.7 Å². The van der Waals surface area contributed by atoms with Gasteiger partial charge in [0.15, 0.2) is 6.61 Å². The number of thiophene rings is 1.